The van der Waals surface area contributed by atoms with Gasteiger partial charge in [0.25, 0.3) is 0 Å². The van der Waals surface area contributed by atoms with E-state index in [1.54, 1.807) is 0 Å². The van der Waals surface area contributed by atoms with Gasteiger partial charge >= 0.3 is 0 Å². The van der Waals surface area contributed by atoms with Gasteiger partial charge in [-0.25, -0.2) is 0 Å². The van der Waals surface area contributed by atoms with Crippen molar-refractivity contribution in [2.45, 2.75) is 59.0 Å². The summed E-state index contributed by atoms with van der Waals surface area (Å²) in [7, 11) is 0. The Morgan fingerprint density at radius 1 is 1.45 bits per heavy atom. The summed E-state index contributed by atoms with van der Waals surface area (Å²) in [6.07, 6.45) is 5.20. The van der Waals surface area contributed by atoms with Crippen LogP contribution in [0, 0.1) is 5.92 Å². The molecule has 114 valence electrons. The molecule has 2 unspecified atom stereocenters. The second kappa shape index (κ2) is 8.16. The van der Waals surface area contributed by atoms with E-state index >= 15 is 0 Å². The molecule has 1 N–H and O–H groups in total. The summed E-state index contributed by atoms with van der Waals surface area (Å²) >= 11 is 1.90. The standard InChI is InChI=1S/C17H30N2S/c1-4-9-19-10-6-7-16(13-19)14(3)18-12-17-15(5-2)8-11-20-17/h8,11,14,16,18H,4-7,9-10,12-13H2,1-3H3. The molecule has 0 radical (unpaired) electrons. The van der Waals surface area contributed by atoms with Crippen LogP contribution in [0.2, 0.25) is 0 Å². The zero-order valence-electron chi connectivity index (χ0n) is 13.3. The van der Waals surface area contributed by atoms with Gasteiger partial charge in [0.05, 0.1) is 0 Å². The molecule has 1 aromatic heterocycles. The highest BCUT2D eigenvalue weighted by Gasteiger charge is 2.23. The van der Waals surface area contributed by atoms with Crippen molar-refractivity contribution in [1.29, 1.82) is 0 Å². The van der Waals surface area contributed by atoms with Gasteiger partial charge in [-0.05, 0) is 68.6 Å². The number of hydrogen-bond acceptors (Lipinski definition) is 3. The van der Waals surface area contributed by atoms with Crippen molar-refractivity contribution < 1.29 is 0 Å². The van der Waals surface area contributed by atoms with Gasteiger partial charge in [-0.2, -0.15) is 0 Å². The van der Waals surface area contributed by atoms with Gasteiger partial charge in [0, 0.05) is 24.0 Å². The lowest BCUT2D eigenvalue weighted by atomic mass is 9.91. The smallest absolute Gasteiger partial charge is 0.0305 e. The lowest BCUT2D eigenvalue weighted by Crippen LogP contribution is -2.44. The van der Waals surface area contributed by atoms with Gasteiger partial charge in [-0.1, -0.05) is 13.8 Å². The summed E-state index contributed by atoms with van der Waals surface area (Å²) in [6, 6.07) is 2.90. The lowest BCUT2D eigenvalue weighted by Gasteiger charge is -2.36. The molecular weight excluding hydrogens is 264 g/mol. The topological polar surface area (TPSA) is 15.3 Å². The van der Waals surface area contributed by atoms with Crippen LogP contribution in [-0.4, -0.2) is 30.6 Å². The molecule has 0 aromatic carbocycles. The Kier molecular flexibility index (Phi) is 6.53. The number of thiophene rings is 1. The predicted octanol–water partition coefficient (Wildman–Crippen LogP) is 3.91. The third-order valence-electron chi connectivity index (χ3n) is 4.59. The Morgan fingerprint density at radius 3 is 3.05 bits per heavy atom. The van der Waals surface area contributed by atoms with Gasteiger partial charge in [0.2, 0.25) is 0 Å². The monoisotopic (exact) mass is 294 g/mol. The maximum Gasteiger partial charge on any atom is 0.0305 e. The number of piperidine rings is 1. The summed E-state index contributed by atoms with van der Waals surface area (Å²) in [5.74, 6) is 0.820. The molecular formula is C17H30N2S. The number of likely N-dealkylation sites (tertiary alicyclic amines) is 1. The van der Waals surface area contributed by atoms with E-state index in [0.29, 0.717) is 6.04 Å². The number of rotatable bonds is 7. The largest absolute Gasteiger partial charge is 0.309 e. The Morgan fingerprint density at radius 2 is 2.30 bits per heavy atom. The third-order valence-corrected chi connectivity index (χ3v) is 5.56. The molecule has 1 aliphatic heterocycles. The van der Waals surface area contributed by atoms with Crippen LogP contribution >= 0.6 is 11.3 Å². The van der Waals surface area contributed by atoms with Gasteiger partial charge < -0.3 is 10.2 Å². The van der Waals surface area contributed by atoms with E-state index in [9.17, 15) is 0 Å². The van der Waals surface area contributed by atoms with E-state index in [0.717, 1.165) is 18.9 Å². The van der Waals surface area contributed by atoms with E-state index in [1.165, 1.54) is 49.3 Å². The Hall–Kier alpha value is -0.380. The fourth-order valence-electron chi connectivity index (χ4n) is 3.28. The molecule has 2 heterocycles. The summed E-state index contributed by atoms with van der Waals surface area (Å²) in [6.45, 7) is 11.8. The van der Waals surface area contributed by atoms with Crippen LogP contribution in [-0.2, 0) is 13.0 Å². The summed E-state index contributed by atoms with van der Waals surface area (Å²) in [5, 5.41) is 6.00. The minimum absolute atomic E-state index is 0.626. The first-order valence-electron chi connectivity index (χ1n) is 8.25. The average Bonchev–Trinajstić information content (AvgIpc) is 2.93. The summed E-state index contributed by atoms with van der Waals surface area (Å²) in [4.78, 5) is 4.18. The third kappa shape index (κ3) is 4.31. The molecule has 1 aliphatic rings. The van der Waals surface area contributed by atoms with Crippen molar-refractivity contribution in [3.05, 3.63) is 21.9 Å². The van der Waals surface area contributed by atoms with Gasteiger partial charge in [-0.15, -0.1) is 11.3 Å². The average molecular weight is 295 g/mol. The number of hydrogen-bond donors (Lipinski definition) is 1. The number of nitrogens with one attached hydrogen (secondary N) is 1. The van der Waals surface area contributed by atoms with Crippen molar-refractivity contribution in [1.82, 2.24) is 10.2 Å². The maximum absolute atomic E-state index is 3.78. The van der Waals surface area contributed by atoms with Crippen LogP contribution in [0.4, 0.5) is 0 Å². The Balaban J connectivity index is 1.80. The summed E-state index contributed by atoms with van der Waals surface area (Å²) < 4.78 is 0. The van der Waals surface area contributed by atoms with Crippen LogP contribution in [0.25, 0.3) is 0 Å². The highest BCUT2D eigenvalue weighted by Crippen LogP contribution is 2.22. The van der Waals surface area contributed by atoms with Crippen LogP contribution in [0.1, 0.15) is 50.5 Å². The predicted molar refractivity (Wildman–Crippen MR) is 89.5 cm³/mol. The second-order valence-electron chi connectivity index (χ2n) is 6.10. The normalized spacial score (nSPS) is 22.1. The molecule has 0 aliphatic carbocycles. The fourth-order valence-corrected chi connectivity index (χ4v) is 4.20. The Bertz CT molecular complexity index is 386. The number of nitrogens with zero attached hydrogens (tertiary/aromatic N) is 1. The molecule has 20 heavy (non-hydrogen) atoms. The molecule has 3 heteroatoms. The minimum atomic E-state index is 0.626. The molecule has 0 saturated carbocycles. The van der Waals surface area contributed by atoms with E-state index in [2.05, 4.69) is 42.4 Å². The highest BCUT2D eigenvalue weighted by atomic mass is 32.1. The quantitative estimate of drug-likeness (QED) is 0.820. The van der Waals surface area contributed by atoms with Crippen molar-refractivity contribution in [3.63, 3.8) is 0 Å². The van der Waals surface area contributed by atoms with Gasteiger partial charge in [0.1, 0.15) is 0 Å². The van der Waals surface area contributed by atoms with Crippen LogP contribution in [0.5, 0.6) is 0 Å². The van der Waals surface area contributed by atoms with Crippen molar-refractivity contribution >= 4 is 11.3 Å². The van der Waals surface area contributed by atoms with Crippen molar-refractivity contribution in [2.75, 3.05) is 19.6 Å². The van der Waals surface area contributed by atoms with E-state index in [-0.39, 0.29) is 0 Å². The van der Waals surface area contributed by atoms with E-state index in [1.807, 2.05) is 11.3 Å². The zero-order chi connectivity index (χ0) is 14.4. The lowest BCUT2D eigenvalue weighted by molar-refractivity contribution is 0.150. The second-order valence-corrected chi connectivity index (χ2v) is 7.10. The molecule has 1 fully saturated rings. The molecule has 2 atom stereocenters. The maximum atomic E-state index is 3.78. The molecule has 2 rings (SSSR count). The first kappa shape index (κ1) is 16.0. The Labute approximate surface area is 128 Å². The van der Waals surface area contributed by atoms with Gasteiger partial charge in [-0.3, -0.25) is 0 Å². The van der Waals surface area contributed by atoms with Crippen molar-refractivity contribution in [2.24, 2.45) is 5.92 Å². The SMILES string of the molecule is CCCN1CCCC(C(C)NCc2sccc2CC)C1. The zero-order valence-corrected chi connectivity index (χ0v) is 14.1. The molecule has 1 saturated heterocycles. The van der Waals surface area contributed by atoms with Crippen LogP contribution in [0.15, 0.2) is 11.4 Å². The van der Waals surface area contributed by atoms with Crippen LogP contribution < -0.4 is 5.32 Å². The molecule has 0 amide bonds. The molecule has 0 spiro atoms. The highest BCUT2D eigenvalue weighted by molar-refractivity contribution is 7.10. The number of aryl methyl sites for hydroxylation is 1. The van der Waals surface area contributed by atoms with E-state index in [4.69, 9.17) is 0 Å². The fraction of sp³-hybridized carbons (Fsp3) is 0.765. The first-order chi connectivity index (χ1) is 9.74. The molecule has 0 bridgehead atoms. The van der Waals surface area contributed by atoms with E-state index < -0.39 is 0 Å². The van der Waals surface area contributed by atoms with Gasteiger partial charge in [0.15, 0.2) is 0 Å². The molecule has 1 aromatic rings. The van der Waals surface area contributed by atoms with Crippen LogP contribution in [0.3, 0.4) is 0 Å². The van der Waals surface area contributed by atoms with Crippen molar-refractivity contribution in [3.8, 4) is 0 Å². The minimum Gasteiger partial charge on any atom is -0.309 e. The first-order valence-corrected chi connectivity index (χ1v) is 9.13. The molecule has 2 nitrogen and oxygen atoms in total. The summed E-state index contributed by atoms with van der Waals surface area (Å²) in [5.41, 5.74) is 1.52.